The van der Waals surface area contributed by atoms with Gasteiger partial charge in [0, 0.05) is 6.54 Å². The van der Waals surface area contributed by atoms with E-state index in [0.29, 0.717) is 13.0 Å². The summed E-state index contributed by atoms with van der Waals surface area (Å²) in [5.74, 6) is 0.729. The molecule has 0 saturated carbocycles. The standard InChI is InChI=1S/C9H12N4/c1-2-8-4-5-9(13-12-8)11-7-3-6-10/h4-5H,2-3,7H2,1H3,(H,11,13). The number of rotatable bonds is 4. The van der Waals surface area contributed by atoms with Crippen LogP contribution in [0, 0.1) is 11.3 Å². The third-order valence-corrected chi connectivity index (χ3v) is 1.62. The summed E-state index contributed by atoms with van der Waals surface area (Å²) in [4.78, 5) is 0. The van der Waals surface area contributed by atoms with Crippen LogP contribution in [0.2, 0.25) is 0 Å². The number of aromatic nitrogens is 2. The van der Waals surface area contributed by atoms with Gasteiger partial charge in [-0.1, -0.05) is 6.92 Å². The van der Waals surface area contributed by atoms with E-state index in [2.05, 4.69) is 15.5 Å². The molecule has 4 nitrogen and oxygen atoms in total. The number of anilines is 1. The molecule has 0 aliphatic carbocycles. The van der Waals surface area contributed by atoms with E-state index in [9.17, 15) is 0 Å². The predicted octanol–water partition coefficient (Wildman–Crippen LogP) is 1.36. The summed E-state index contributed by atoms with van der Waals surface area (Å²) in [6, 6.07) is 5.86. The molecule has 0 spiro atoms. The third-order valence-electron chi connectivity index (χ3n) is 1.62. The molecule has 0 atom stereocenters. The van der Waals surface area contributed by atoms with Crippen LogP contribution in [0.5, 0.6) is 0 Å². The quantitative estimate of drug-likeness (QED) is 0.704. The second-order valence-electron chi connectivity index (χ2n) is 2.60. The van der Waals surface area contributed by atoms with Crippen LogP contribution in [-0.2, 0) is 6.42 Å². The van der Waals surface area contributed by atoms with Gasteiger partial charge in [0.05, 0.1) is 18.2 Å². The van der Waals surface area contributed by atoms with Gasteiger partial charge in [0.15, 0.2) is 0 Å². The van der Waals surface area contributed by atoms with E-state index >= 15 is 0 Å². The first kappa shape index (κ1) is 9.46. The van der Waals surface area contributed by atoms with E-state index in [0.717, 1.165) is 17.9 Å². The number of nitrogens with zero attached hydrogens (tertiary/aromatic N) is 3. The van der Waals surface area contributed by atoms with Crippen molar-refractivity contribution in [3.63, 3.8) is 0 Å². The summed E-state index contributed by atoms with van der Waals surface area (Å²) >= 11 is 0. The molecule has 0 amide bonds. The Labute approximate surface area is 77.6 Å². The Balaban J connectivity index is 2.45. The summed E-state index contributed by atoms with van der Waals surface area (Å²) in [5, 5.41) is 19.2. The third kappa shape index (κ3) is 3.08. The smallest absolute Gasteiger partial charge is 0.148 e. The molecule has 0 bridgehead atoms. The molecule has 0 radical (unpaired) electrons. The highest BCUT2D eigenvalue weighted by Gasteiger charge is 1.94. The lowest BCUT2D eigenvalue weighted by atomic mass is 10.3. The maximum atomic E-state index is 8.30. The highest BCUT2D eigenvalue weighted by Crippen LogP contribution is 2.01. The molecule has 0 unspecified atom stereocenters. The number of aryl methyl sites for hydroxylation is 1. The normalized spacial score (nSPS) is 9.23. The SMILES string of the molecule is CCc1ccc(NCCC#N)nn1. The molecule has 1 aromatic rings. The molecule has 68 valence electrons. The van der Waals surface area contributed by atoms with Crippen LogP contribution in [0.3, 0.4) is 0 Å². The summed E-state index contributed by atoms with van der Waals surface area (Å²) < 4.78 is 0. The zero-order chi connectivity index (χ0) is 9.52. The highest BCUT2D eigenvalue weighted by atomic mass is 15.2. The lowest BCUT2D eigenvalue weighted by Crippen LogP contribution is -2.03. The predicted molar refractivity (Wildman–Crippen MR) is 50.1 cm³/mol. The minimum atomic E-state index is 0.483. The van der Waals surface area contributed by atoms with Gasteiger partial charge in [-0.25, -0.2) is 0 Å². The van der Waals surface area contributed by atoms with E-state index in [1.54, 1.807) is 0 Å². The van der Waals surface area contributed by atoms with E-state index in [4.69, 9.17) is 5.26 Å². The molecule has 0 fully saturated rings. The number of hydrogen-bond donors (Lipinski definition) is 1. The van der Waals surface area contributed by atoms with Crippen LogP contribution in [0.1, 0.15) is 19.0 Å². The molecule has 1 aromatic heterocycles. The van der Waals surface area contributed by atoms with Gasteiger partial charge in [-0.3, -0.25) is 0 Å². The molecule has 1 N–H and O–H groups in total. The van der Waals surface area contributed by atoms with Crippen LogP contribution in [-0.4, -0.2) is 16.7 Å². The van der Waals surface area contributed by atoms with Crippen LogP contribution < -0.4 is 5.32 Å². The largest absolute Gasteiger partial charge is 0.368 e. The monoisotopic (exact) mass is 176 g/mol. The number of nitriles is 1. The Kier molecular flexibility index (Phi) is 3.71. The number of hydrogen-bond acceptors (Lipinski definition) is 4. The Bertz CT molecular complexity index is 285. The second kappa shape index (κ2) is 5.09. The van der Waals surface area contributed by atoms with Crippen molar-refractivity contribution in [3.8, 4) is 6.07 Å². The topological polar surface area (TPSA) is 61.6 Å². The molecule has 13 heavy (non-hydrogen) atoms. The van der Waals surface area contributed by atoms with Crippen molar-refractivity contribution in [1.29, 1.82) is 5.26 Å². The Morgan fingerprint density at radius 3 is 2.85 bits per heavy atom. The summed E-state index contributed by atoms with van der Waals surface area (Å²) in [5.41, 5.74) is 0.978. The first-order valence-corrected chi connectivity index (χ1v) is 4.30. The van der Waals surface area contributed by atoms with E-state index < -0.39 is 0 Å². The van der Waals surface area contributed by atoms with Crippen molar-refractivity contribution in [1.82, 2.24) is 10.2 Å². The van der Waals surface area contributed by atoms with Gasteiger partial charge >= 0.3 is 0 Å². The molecule has 0 aromatic carbocycles. The summed E-state index contributed by atoms with van der Waals surface area (Å²) in [6.07, 6.45) is 1.38. The van der Waals surface area contributed by atoms with Crippen LogP contribution in [0.4, 0.5) is 5.82 Å². The Hall–Kier alpha value is -1.63. The maximum Gasteiger partial charge on any atom is 0.148 e. The summed E-state index contributed by atoms with van der Waals surface area (Å²) in [7, 11) is 0. The fourth-order valence-electron chi connectivity index (χ4n) is 0.889. The van der Waals surface area contributed by atoms with Gasteiger partial charge in [-0.2, -0.15) is 10.4 Å². The maximum absolute atomic E-state index is 8.30. The minimum Gasteiger partial charge on any atom is -0.368 e. The Morgan fingerprint density at radius 1 is 1.46 bits per heavy atom. The lowest BCUT2D eigenvalue weighted by Gasteiger charge is -2.01. The molecule has 0 aliphatic heterocycles. The lowest BCUT2D eigenvalue weighted by molar-refractivity contribution is 0.910. The van der Waals surface area contributed by atoms with E-state index in [1.807, 2.05) is 25.1 Å². The molecule has 4 heteroatoms. The van der Waals surface area contributed by atoms with E-state index in [1.165, 1.54) is 0 Å². The van der Waals surface area contributed by atoms with Crippen molar-refractivity contribution < 1.29 is 0 Å². The zero-order valence-electron chi connectivity index (χ0n) is 7.62. The van der Waals surface area contributed by atoms with Gasteiger partial charge < -0.3 is 5.32 Å². The van der Waals surface area contributed by atoms with Crippen LogP contribution in [0.15, 0.2) is 12.1 Å². The van der Waals surface area contributed by atoms with E-state index in [-0.39, 0.29) is 0 Å². The summed E-state index contributed by atoms with van der Waals surface area (Å²) in [6.45, 7) is 2.66. The molecule has 0 saturated heterocycles. The van der Waals surface area contributed by atoms with Gasteiger partial charge in [-0.15, -0.1) is 5.10 Å². The first-order valence-electron chi connectivity index (χ1n) is 4.30. The molecular weight excluding hydrogens is 164 g/mol. The van der Waals surface area contributed by atoms with Gasteiger partial charge in [-0.05, 0) is 18.6 Å². The second-order valence-corrected chi connectivity index (χ2v) is 2.60. The fourth-order valence-corrected chi connectivity index (χ4v) is 0.889. The fraction of sp³-hybridized carbons (Fsp3) is 0.444. The van der Waals surface area contributed by atoms with Crippen LogP contribution >= 0.6 is 0 Å². The molecule has 1 heterocycles. The zero-order valence-corrected chi connectivity index (χ0v) is 7.62. The average molecular weight is 176 g/mol. The van der Waals surface area contributed by atoms with Crippen LogP contribution in [0.25, 0.3) is 0 Å². The molecular formula is C9H12N4. The van der Waals surface area contributed by atoms with Gasteiger partial charge in [0.25, 0.3) is 0 Å². The van der Waals surface area contributed by atoms with Crippen molar-refractivity contribution in [2.45, 2.75) is 19.8 Å². The Morgan fingerprint density at radius 2 is 2.31 bits per heavy atom. The van der Waals surface area contributed by atoms with Gasteiger partial charge in [0.2, 0.25) is 0 Å². The molecule has 1 rings (SSSR count). The van der Waals surface area contributed by atoms with Crippen molar-refractivity contribution in [3.05, 3.63) is 17.8 Å². The first-order chi connectivity index (χ1) is 6.36. The van der Waals surface area contributed by atoms with Crippen molar-refractivity contribution in [2.24, 2.45) is 0 Å². The number of nitrogens with one attached hydrogen (secondary N) is 1. The highest BCUT2D eigenvalue weighted by molar-refractivity contribution is 5.32. The molecule has 0 aliphatic rings. The average Bonchev–Trinajstić information content (AvgIpc) is 2.19. The van der Waals surface area contributed by atoms with Crippen molar-refractivity contribution >= 4 is 5.82 Å². The van der Waals surface area contributed by atoms with Crippen molar-refractivity contribution in [2.75, 3.05) is 11.9 Å². The van der Waals surface area contributed by atoms with Gasteiger partial charge in [0.1, 0.15) is 5.82 Å². The minimum absolute atomic E-state index is 0.483.